The minimum absolute atomic E-state index is 0.0626. The van der Waals surface area contributed by atoms with Crippen molar-refractivity contribution in [3.8, 4) is 0 Å². The monoisotopic (exact) mass is 383 g/mol. The van der Waals surface area contributed by atoms with Crippen LogP contribution in [0.15, 0.2) is 42.5 Å². The lowest BCUT2D eigenvalue weighted by molar-refractivity contribution is -0.154. The zero-order valence-corrected chi connectivity index (χ0v) is 15.1. The topological polar surface area (TPSA) is 98.1 Å². The van der Waals surface area contributed by atoms with Crippen molar-refractivity contribution in [2.45, 2.75) is 24.8 Å². The number of carbonyl (C=O) groups is 2. The summed E-state index contributed by atoms with van der Waals surface area (Å²) in [6.07, 6.45) is 1.91. The van der Waals surface area contributed by atoms with Gasteiger partial charge in [0.05, 0.1) is 5.56 Å². The summed E-state index contributed by atoms with van der Waals surface area (Å²) in [4.78, 5) is 31.0. The van der Waals surface area contributed by atoms with E-state index >= 15 is 0 Å². The summed E-state index contributed by atoms with van der Waals surface area (Å²) in [7, 11) is 1.43. The Labute approximate surface area is 159 Å². The molecular weight excluding hydrogens is 365 g/mol. The van der Waals surface area contributed by atoms with Crippen molar-refractivity contribution in [1.82, 2.24) is 20.5 Å². The third-order valence-corrected chi connectivity index (χ3v) is 4.91. The highest BCUT2D eigenvalue weighted by atomic mass is 19.1. The number of halogens is 1. The maximum absolute atomic E-state index is 14.2. The molecule has 0 radical (unpaired) electrons. The van der Waals surface area contributed by atoms with Crippen molar-refractivity contribution in [1.29, 1.82) is 0 Å². The lowest BCUT2D eigenvalue weighted by atomic mass is 9.76. The Morgan fingerprint density at radius 1 is 1.21 bits per heavy atom. The highest BCUT2D eigenvalue weighted by Crippen LogP contribution is 2.36. The van der Waals surface area contributed by atoms with Crippen LogP contribution < -0.4 is 15.5 Å². The van der Waals surface area contributed by atoms with Crippen LogP contribution in [0, 0.1) is 5.82 Å². The molecule has 0 spiro atoms. The molecule has 3 aromatic rings. The van der Waals surface area contributed by atoms with Crippen LogP contribution in [0.4, 0.5) is 10.1 Å². The summed E-state index contributed by atoms with van der Waals surface area (Å²) in [6, 6.07) is 11.3. The minimum atomic E-state index is -0.978. The average molecular weight is 383 g/mol. The van der Waals surface area contributed by atoms with Crippen molar-refractivity contribution in [3.05, 3.63) is 53.8 Å². The van der Waals surface area contributed by atoms with Crippen LogP contribution in [-0.4, -0.2) is 39.6 Å². The van der Waals surface area contributed by atoms with Gasteiger partial charge < -0.3 is 15.5 Å². The van der Waals surface area contributed by atoms with Gasteiger partial charge in [0.1, 0.15) is 22.4 Å². The van der Waals surface area contributed by atoms with Gasteiger partial charge in [0.15, 0.2) is 0 Å². The number of nitrogens with zero attached hydrogens (tertiary/aromatic N) is 3. The zero-order chi connectivity index (χ0) is 19.7. The van der Waals surface area contributed by atoms with Gasteiger partial charge in [-0.15, -0.1) is 5.10 Å². The number of carbonyl (C=O) groups excluding carboxylic acids is 2. The van der Waals surface area contributed by atoms with E-state index in [1.807, 2.05) is 6.07 Å². The van der Waals surface area contributed by atoms with Gasteiger partial charge in [-0.2, -0.15) is 0 Å². The fourth-order valence-corrected chi connectivity index (χ4v) is 3.18. The van der Waals surface area contributed by atoms with Gasteiger partial charge in [-0.1, -0.05) is 17.0 Å². The molecule has 2 aromatic carbocycles. The van der Waals surface area contributed by atoms with Crippen molar-refractivity contribution in [2.75, 3.05) is 12.4 Å². The second-order valence-corrected chi connectivity index (χ2v) is 6.66. The molecule has 1 aromatic heterocycles. The smallest absolute Gasteiger partial charge is 0.360 e. The number of aromatic nitrogens is 3. The van der Waals surface area contributed by atoms with E-state index < -0.39 is 23.2 Å². The molecule has 2 N–H and O–H groups in total. The van der Waals surface area contributed by atoms with E-state index in [0.717, 1.165) is 11.3 Å². The van der Waals surface area contributed by atoms with Crippen molar-refractivity contribution < 1.29 is 18.8 Å². The number of rotatable bonds is 5. The number of fused-ring (bicyclic) bond motifs is 1. The average Bonchev–Trinajstić information content (AvgIpc) is 3.07. The Kier molecular flexibility index (Phi) is 4.42. The Bertz CT molecular complexity index is 1060. The van der Waals surface area contributed by atoms with E-state index in [2.05, 4.69) is 20.9 Å². The Balaban J connectivity index is 1.55. The highest BCUT2D eigenvalue weighted by molar-refractivity contribution is 5.95. The first-order chi connectivity index (χ1) is 13.5. The number of hydrogen-bond donors (Lipinski definition) is 2. The van der Waals surface area contributed by atoms with Gasteiger partial charge in [0.25, 0.3) is 5.91 Å². The second kappa shape index (κ2) is 6.91. The van der Waals surface area contributed by atoms with Crippen LogP contribution in [0.1, 0.15) is 29.6 Å². The molecule has 4 rings (SSSR count). The fourth-order valence-electron chi connectivity index (χ4n) is 3.18. The summed E-state index contributed by atoms with van der Waals surface area (Å²) in [5, 5.41) is 13.3. The molecule has 1 aliphatic carbocycles. The number of para-hydroxylation sites is 1. The van der Waals surface area contributed by atoms with E-state index in [-0.39, 0.29) is 5.56 Å². The van der Waals surface area contributed by atoms with Crippen LogP contribution in [-0.2, 0) is 4.79 Å². The van der Waals surface area contributed by atoms with Gasteiger partial charge in [-0.25, -0.2) is 9.18 Å². The summed E-state index contributed by atoms with van der Waals surface area (Å²) in [5.41, 5.74) is 0.537. The van der Waals surface area contributed by atoms with Gasteiger partial charge in [0, 0.05) is 12.7 Å². The molecule has 0 aliphatic heterocycles. The summed E-state index contributed by atoms with van der Waals surface area (Å²) < 4.78 is 14.2. The van der Waals surface area contributed by atoms with Crippen molar-refractivity contribution in [3.63, 3.8) is 0 Å². The van der Waals surface area contributed by atoms with Crippen molar-refractivity contribution in [2.24, 2.45) is 0 Å². The Hall–Kier alpha value is -3.49. The summed E-state index contributed by atoms with van der Waals surface area (Å²) >= 11 is 0. The maximum Gasteiger partial charge on any atom is 0.360 e. The van der Waals surface area contributed by atoms with E-state index in [4.69, 9.17) is 4.84 Å². The van der Waals surface area contributed by atoms with Gasteiger partial charge >= 0.3 is 5.97 Å². The highest BCUT2D eigenvalue weighted by Gasteiger charge is 2.47. The lowest BCUT2D eigenvalue weighted by Gasteiger charge is -2.40. The van der Waals surface area contributed by atoms with Gasteiger partial charge in [-0.3, -0.25) is 4.79 Å². The summed E-state index contributed by atoms with van der Waals surface area (Å²) in [5.74, 6) is -1.71. The Morgan fingerprint density at radius 2 is 2.00 bits per heavy atom. The van der Waals surface area contributed by atoms with Gasteiger partial charge in [0.2, 0.25) is 0 Å². The zero-order valence-electron chi connectivity index (χ0n) is 15.1. The molecule has 1 aliphatic rings. The molecule has 28 heavy (non-hydrogen) atoms. The lowest BCUT2D eigenvalue weighted by Crippen LogP contribution is -2.55. The quantitative estimate of drug-likeness (QED) is 0.654. The first-order valence-electron chi connectivity index (χ1n) is 8.85. The standard InChI is InChI=1S/C19H18FN5O3/c1-21-17(26)13-8-7-12(11-14(13)20)22-19(9-4-10-19)18(27)28-25-16-6-3-2-5-15(16)23-24-25/h2-3,5-8,11,22H,4,9-10H2,1H3,(H,21,26). The molecule has 1 saturated carbocycles. The molecule has 9 heteroatoms. The third kappa shape index (κ3) is 3.04. The molecule has 0 atom stereocenters. The SMILES string of the molecule is CNC(=O)c1ccc(NC2(C(=O)On3nnc4ccccc43)CCC2)cc1F. The fraction of sp³-hybridized carbons (Fsp3) is 0.263. The molecular formula is C19H18FN5O3. The Morgan fingerprint density at radius 3 is 2.68 bits per heavy atom. The second-order valence-electron chi connectivity index (χ2n) is 6.66. The van der Waals surface area contributed by atoms with Gasteiger partial charge in [-0.05, 0) is 54.8 Å². The van der Waals surface area contributed by atoms with Crippen LogP contribution in [0.5, 0.6) is 0 Å². The normalized spacial score (nSPS) is 14.9. The minimum Gasteiger partial charge on any atom is -0.370 e. The molecule has 144 valence electrons. The van der Waals surface area contributed by atoms with E-state index in [1.54, 1.807) is 24.3 Å². The molecule has 0 unspecified atom stereocenters. The van der Waals surface area contributed by atoms with Crippen LogP contribution >= 0.6 is 0 Å². The number of amides is 1. The number of nitrogens with one attached hydrogen (secondary N) is 2. The molecule has 1 amide bonds. The largest absolute Gasteiger partial charge is 0.370 e. The molecule has 1 fully saturated rings. The maximum atomic E-state index is 14.2. The summed E-state index contributed by atoms with van der Waals surface area (Å²) in [6.45, 7) is 0. The van der Waals surface area contributed by atoms with E-state index in [1.165, 1.54) is 19.2 Å². The number of anilines is 1. The van der Waals surface area contributed by atoms with Crippen LogP contribution in [0.25, 0.3) is 11.0 Å². The van der Waals surface area contributed by atoms with Crippen molar-refractivity contribution >= 4 is 28.6 Å². The molecule has 0 bridgehead atoms. The molecule has 8 nitrogen and oxygen atoms in total. The molecule has 0 saturated heterocycles. The first-order valence-corrected chi connectivity index (χ1v) is 8.85. The number of benzene rings is 2. The van der Waals surface area contributed by atoms with E-state index in [9.17, 15) is 14.0 Å². The first kappa shape index (κ1) is 17.9. The van der Waals surface area contributed by atoms with E-state index in [0.29, 0.717) is 29.6 Å². The van der Waals surface area contributed by atoms with Crippen LogP contribution in [0.2, 0.25) is 0 Å². The van der Waals surface area contributed by atoms with Crippen LogP contribution in [0.3, 0.4) is 0 Å². The number of hydrogen-bond acceptors (Lipinski definition) is 6. The predicted molar refractivity (Wildman–Crippen MR) is 99.1 cm³/mol. The predicted octanol–water partition coefficient (Wildman–Crippen LogP) is 1.92. The third-order valence-electron chi connectivity index (χ3n) is 4.91. The molecule has 1 heterocycles.